The fourth-order valence-electron chi connectivity index (χ4n) is 3.63. The largest absolute Gasteiger partial charge is 0.496 e. The Morgan fingerprint density at radius 2 is 1.50 bits per heavy atom. The van der Waals surface area contributed by atoms with Crippen LogP contribution in [0.25, 0.3) is 0 Å². The van der Waals surface area contributed by atoms with Gasteiger partial charge in [-0.1, -0.05) is 24.8 Å². The zero-order valence-corrected chi connectivity index (χ0v) is 19.4. The van der Waals surface area contributed by atoms with Gasteiger partial charge in [0.25, 0.3) is 0 Å². The lowest BCUT2D eigenvalue weighted by Gasteiger charge is -2.27. The lowest BCUT2D eigenvalue weighted by atomic mass is 10.1. The number of carbonyl (C=O) groups is 1. The summed E-state index contributed by atoms with van der Waals surface area (Å²) in [4.78, 5) is 13.4. The predicted octanol–water partition coefficient (Wildman–Crippen LogP) is 6.75. The van der Waals surface area contributed by atoms with Crippen molar-refractivity contribution in [2.75, 3.05) is 18.6 Å². The summed E-state index contributed by atoms with van der Waals surface area (Å²) in [5, 5.41) is 0. The molecule has 0 radical (unpaired) electrons. The molecule has 166 valence electrons. The first kappa shape index (κ1) is 23.1. The summed E-state index contributed by atoms with van der Waals surface area (Å²) < 4.78 is 10.5. The van der Waals surface area contributed by atoms with Crippen LogP contribution in [0.4, 0.5) is 17.1 Å². The third-order valence-corrected chi connectivity index (χ3v) is 5.60. The molecular formula is C28H31NO3. The number of carbonyl (C=O) groups excluding carboxylic acids is 1. The van der Waals surface area contributed by atoms with Gasteiger partial charge in [-0.3, -0.25) is 0 Å². The van der Waals surface area contributed by atoms with Gasteiger partial charge in [0.15, 0.2) is 0 Å². The third-order valence-electron chi connectivity index (χ3n) is 5.60. The predicted molar refractivity (Wildman–Crippen MR) is 131 cm³/mol. The molecule has 0 fully saturated rings. The number of ether oxygens (including phenoxy) is 2. The van der Waals surface area contributed by atoms with Gasteiger partial charge in [0.2, 0.25) is 0 Å². The second-order valence-electron chi connectivity index (χ2n) is 7.90. The molecule has 0 aliphatic carbocycles. The summed E-state index contributed by atoms with van der Waals surface area (Å²) in [6, 6.07) is 21.3. The van der Waals surface area contributed by atoms with Gasteiger partial charge in [0, 0.05) is 23.1 Å². The van der Waals surface area contributed by atoms with Crippen LogP contribution in [0, 0.1) is 20.8 Å². The van der Waals surface area contributed by atoms with Gasteiger partial charge < -0.3 is 14.4 Å². The minimum absolute atomic E-state index is 0.376. The molecule has 32 heavy (non-hydrogen) atoms. The third kappa shape index (κ3) is 5.58. The summed E-state index contributed by atoms with van der Waals surface area (Å²) in [5.74, 6) is 0.500. The van der Waals surface area contributed by atoms with Gasteiger partial charge in [0.05, 0.1) is 13.7 Å². The molecular weight excluding hydrogens is 398 g/mol. The van der Waals surface area contributed by atoms with Crippen LogP contribution in [-0.2, 0) is 16.0 Å². The van der Waals surface area contributed by atoms with E-state index >= 15 is 0 Å². The quantitative estimate of drug-likeness (QED) is 0.214. The molecule has 4 heteroatoms. The van der Waals surface area contributed by atoms with Gasteiger partial charge in [-0.25, -0.2) is 4.79 Å². The number of anilines is 3. The van der Waals surface area contributed by atoms with E-state index in [9.17, 15) is 4.79 Å². The number of benzene rings is 3. The van der Waals surface area contributed by atoms with E-state index in [-0.39, 0.29) is 5.97 Å². The lowest BCUT2D eigenvalue weighted by Crippen LogP contribution is -2.11. The highest BCUT2D eigenvalue weighted by Gasteiger charge is 2.14. The first-order valence-electron chi connectivity index (χ1n) is 10.8. The average Bonchev–Trinajstić information content (AvgIpc) is 2.80. The van der Waals surface area contributed by atoms with E-state index in [2.05, 4.69) is 86.8 Å². The van der Waals surface area contributed by atoms with Crippen molar-refractivity contribution in [3.8, 4) is 5.75 Å². The van der Waals surface area contributed by atoms with Crippen molar-refractivity contribution in [3.63, 3.8) is 0 Å². The second kappa shape index (κ2) is 10.7. The number of hydrogen-bond donors (Lipinski definition) is 0. The number of nitrogens with zero attached hydrogens (tertiary/aromatic N) is 1. The van der Waals surface area contributed by atoms with E-state index in [0.29, 0.717) is 6.61 Å². The molecule has 0 aliphatic heterocycles. The van der Waals surface area contributed by atoms with Crippen LogP contribution in [-0.4, -0.2) is 19.7 Å². The number of rotatable bonds is 9. The number of methoxy groups -OCH3 is 1. The van der Waals surface area contributed by atoms with Crippen molar-refractivity contribution in [3.05, 3.63) is 95.6 Å². The minimum Gasteiger partial charge on any atom is -0.496 e. The standard InChI is InChI=1S/C28H31NO3/c1-6-28(30)32-17-7-8-23-10-13-24(14-11-23)29(25-12-9-20(2)21(3)18-25)26-15-16-27(31-5)22(4)19-26/h6,9-16,18-19H,1,7-8,17H2,2-5H3. The molecule has 0 unspecified atom stereocenters. The fraction of sp³-hybridized carbons (Fsp3) is 0.250. The summed E-state index contributed by atoms with van der Waals surface area (Å²) >= 11 is 0. The van der Waals surface area contributed by atoms with Crippen molar-refractivity contribution >= 4 is 23.0 Å². The van der Waals surface area contributed by atoms with Crippen LogP contribution in [0.5, 0.6) is 5.75 Å². The van der Waals surface area contributed by atoms with Crippen LogP contribution in [0.3, 0.4) is 0 Å². The minimum atomic E-state index is -0.376. The summed E-state index contributed by atoms with van der Waals surface area (Å²) in [6.45, 7) is 10.1. The molecule has 0 spiro atoms. The van der Waals surface area contributed by atoms with E-state index in [4.69, 9.17) is 9.47 Å². The number of aryl methyl sites for hydroxylation is 4. The van der Waals surface area contributed by atoms with Crippen LogP contribution in [0.1, 0.15) is 28.7 Å². The van der Waals surface area contributed by atoms with Crippen molar-refractivity contribution < 1.29 is 14.3 Å². The second-order valence-corrected chi connectivity index (χ2v) is 7.90. The molecule has 3 aromatic carbocycles. The maximum Gasteiger partial charge on any atom is 0.330 e. The van der Waals surface area contributed by atoms with E-state index in [0.717, 1.165) is 41.2 Å². The Morgan fingerprint density at radius 1 is 0.875 bits per heavy atom. The Balaban J connectivity index is 1.88. The number of hydrogen-bond acceptors (Lipinski definition) is 4. The molecule has 3 rings (SSSR count). The topological polar surface area (TPSA) is 38.8 Å². The first-order chi connectivity index (χ1) is 15.4. The Bertz CT molecular complexity index is 1090. The SMILES string of the molecule is C=CC(=O)OCCCc1ccc(N(c2ccc(C)c(C)c2)c2ccc(OC)c(C)c2)cc1. The van der Waals surface area contributed by atoms with E-state index in [1.54, 1.807) is 7.11 Å². The van der Waals surface area contributed by atoms with Gasteiger partial charge in [-0.2, -0.15) is 0 Å². The monoisotopic (exact) mass is 429 g/mol. The van der Waals surface area contributed by atoms with Crippen LogP contribution in [0.15, 0.2) is 73.3 Å². The van der Waals surface area contributed by atoms with Crippen molar-refractivity contribution in [1.82, 2.24) is 0 Å². The van der Waals surface area contributed by atoms with E-state index < -0.39 is 0 Å². The van der Waals surface area contributed by atoms with Crippen molar-refractivity contribution in [2.24, 2.45) is 0 Å². The normalized spacial score (nSPS) is 10.5. The molecule has 0 atom stereocenters. The highest BCUT2D eigenvalue weighted by atomic mass is 16.5. The van der Waals surface area contributed by atoms with Crippen molar-refractivity contribution in [2.45, 2.75) is 33.6 Å². The Kier molecular flexibility index (Phi) is 7.72. The molecule has 4 nitrogen and oxygen atoms in total. The lowest BCUT2D eigenvalue weighted by molar-refractivity contribution is -0.137. The highest BCUT2D eigenvalue weighted by Crippen LogP contribution is 2.37. The van der Waals surface area contributed by atoms with Crippen LogP contribution >= 0.6 is 0 Å². The zero-order chi connectivity index (χ0) is 23.1. The molecule has 3 aromatic rings. The molecule has 0 aliphatic rings. The molecule has 0 N–H and O–H groups in total. The summed E-state index contributed by atoms with van der Waals surface area (Å²) in [6.07, 6.45) is 2.81. The maximum atomic E-state index is 11.2. The van der Waals surface area contributed by atoms with Crippen molar-refractivity contribution in [1.29, 1.82) is 0 Å². The molecule has 0 heterocycles. The average molecular weight is 430 g/mol. The van der Waals surface area contributed by atoms with Crippen LogP contribution in [0.2, 0.25) is 0 Å². The Hall–Kier alpha value is -3.53. The zero-order valence-electron chi connectivity index (χ0n) is 19.4. The van der Waals surface area contributed by atoms with Gasteiger partial charge in [-0.15, -0.1) is 0 Å². The Labute approximate surface area is 191 Å². The van der Waals surface area contributed by atoms with Gasteiger partial charge in [0.1, 0.15) is 5.75 Å². The number of esters is 1. The maximum absolute atomic E-state index is 11.2. The van der Waals surface area contributed by atoms with E-state index in [1.165, 1.54) is 22.8 Å². The smallest absolute Gasteiger partial charge is 0.330 e. The summed E-state index contributed by atoms with van der Waals surface area (Å²) in [7, 11) is 1.69. The van der Waals surface area contributed by atoms with E-state index in [1.807, 2.05) is 6.07 Å². The van der Waals surface area contributed by atoms with Crippen LogP contribution < -0.4 is 9.64 Å². The summed E-state index contributed by atoms with van der Waals surface area (Å²) in [5.41, 5.74) is 8.09. The van der Waals surface area contributed by atoms with Gasteiger partial charge in [-0.05, 0) is 98.3 Å². The molecule has 0 bridgehead atoms. The fourth-order valence-corrected chi connectivity index (χ4v) is 3.63. The molecule has 0 saturated carbocycles. The Morgan fingerprint density at radius 3 is 2.09 bits per heavy atom. The van der Waals surface area contributed by atoms with Gasteiger partial charge >= 0.3 is 5.97 Å². The molecule has 0 amide bonds. The highest BCUT2D eigenvalue weighted by molar-refractivity contribution is 5.81. The molecule has 0 aromatic heterocycles. The molecule has 0 saturated heterocycles. The first-order valence-corrected chi connectivity index (χ1v) is 10.8.